The summed E-state index contributed by atoms with van der Waals surface area (Å²) in [5, 5.41) is 3.07. The molecule has 128 valence electrons. The van der Waals surface area contributed by atoms with Crippen LogP contribution in [-0.2, 0) is 9.53 Å². The number of hydrogen-bond acceptors (Lipinski definition) is 3. The highest BCUT2D eigenvalue weighted by molar-refractivity contribution is 5.83. The van der Waals surface area contributed by atoms with Gasteiger partial charge in [0.2, 0.25) is 5.91 Å². The van der Waals surface area contributed by atoms with Gasteiger partial charge in [-0.15, -0.1) is 0 Å². The zero-order valence-electron chi connectivity index (χ0n) is 14.3. The summed E-state index contributed by atoms with van der Waals surface area (Å²) >= 11 is 0. The molecule has 0 heterocycles. The van der Waals surface area contributed by atoms with E-state index in [1.54, 1.807) is 19.2 Å². The minimum absolute atomic E-state index is 0.0449. The van der Waals surface area contributed by atoms with E-state index in [-0.39, 0.29) is 17.1 Å². The molecule has 1 unspecified atom stereocenters. The largest absolute Gasteiger partial charge is 0.384 e. The summed E-state index contributed by atoms with van der Waals surface area (Å²) in [7, 11) is 5.36. The van der Waals surface area contributed by atoms with Crippen LogP contribution < -0.4 is 5.32 Å². The van der Waals surface area contributed by atoms with Crippen LogP contribution in [0.25, 0.3) is 0 Å². The van der Waals surface area contributed by atoms with Crippen molar-refractivity contribution in [2.45, 2.75) is 31.7 Å². The smallest absolute Gasteiger partial charge is 0.241 e. The van der Waals surface area contributed by atoms with Crippen molar-refractivity contribution in [3.63, 3.8) is 0 Å². The van der Waals surface area contributed by atoms with E-state index in [0.717, 1.165) is 12.8 Å². The van der Waals surface area contributed by atoms with E-state index >= 15 is 0 Å². The third-order valence-corrected chi connectivity index (χ3v) is 4.68. The standard InChI is InChI=1S/C18H27FN2O2/c1-21(2)16(14-7-6-8-15(19)11-14)17(22)20-12-18(13-23-3)9-4-5-10-18/h6-8,11,16H,4-5,9-10,12-13H2,1-3H3,(H,20,22). The van der Waals surface area contributed by atoms with Crippen LogP contribution >= 0.6 is 0 Å². The quantitative estimate of drug-likeness (QED) is 0.839. The van der Waals surface area contributed by atoms with Crippen LogP contribution in [0.4, 0.5) is 4.39 Å². The minimum atomic E-state index is -0.494. The molecular formula is C18H27FN2O2. The maximum absolute atomic E-state index is 13.5. The van der Waals surface area contributed by atoms with Crippen LogP contribution in [0.2, 0.25) is 0 Å². The first-order valence-corrected chi connectivity index (χ1v) is 8.16. The van der Waals surface area contributed by atoms with Crippen molar-refractivity contribution in [3.8, 4) is 0 Å². The van der Waals surface area contributed by atoms with Crippen molar-refractivity contribution in [2.24, 2.45) is 5.41 Å². The highest BCUT2D eigenvalue weighted by Crippen LogP contribution is 2.37. The molecule has 1 fully saturated rings. The van der Waals surface area contributed by atoms with Crippen molar-refractivity contribution in [1.82, 2.24) is 10.2 Å². The van der Waals surface area contributed by atoms with E-state index in [1.807, 2.05) is 19.0 Å². The number of likely N-dealkylation sites (N-methyl/N-ethyl adjacent to an activating group) is 1. The lowest BCUT2D eigenvalue weighted by Crippen LogP contribution is -2.43. The Labute approximate surface area is 138 Å². The number of ether oxygens (including phenoxy) is 1. The van der Waals surface area contributed by atoms with Gasteiger partial charge in [-0.05, 0) is 44.6 Å². The van der Waals surface area contributed by atoms with E-state index < -0.39 is 6.04 Å². The average molecular weight is 322 g/mol. The first kappa shape index (κ1) is 17.9. The number of carbonyl (C=O) groups is 1. The number of hydrogen-bond donors (Lipinski definition) is 1. The molecule has 0 radical (unpaired) electrons. The molecule has 5 heteroatoms. The fourth-order valence-electron chi connectivity index (χ4n) is 3.54. The van der Waals surface area contributed by atoms with E-state index in [1.165, 1.54) is 25.0 Å². The maximum Gasteiger partial charge on any atom is 0.241 e. The maximum atomic E-state index is 13.5. The van der Waals surface area contributed by atoms with Gasteiger partial charge in [-0.25, -0.2) is 4.39 Å². The molecule has 1 saturated carbocycles. The van der Waals surface area contributed by atoms with Gasteiger partial charge in [-0.3, -0.25) is 9.69 Å². The van der Waals surface area contributed by atoms with Gasteiger partial charge < -0.3 is 10.1 Å². The normalized spacial score (nSPS) is 18.1. The van der Waals surface area contributed by atoms with Crippen LogP contribution in [0, 0.1) is 11.2 Å². The molecule has 4 nitrogen and oxygen atoms in total. The van der Waals surface area contributed by atoms with Gasteiger partial charge in [0.05, 0.1) is 6.61 Å². The van der Waals surface area contributed by atoms with Crippen LogP contribution in [0.5, 0.6) is 0 Å². The molecule has 0 spiro atoms. The van der Waals surface area contributed by atoms with E-state index in [0.29, 0.717) is 18.7 Å². The Morgan fingerprint density at radius 1 is 1.39 bits per heavy atom. The summed E-state index contributed by atoms with van der Waals surface area (Å²) in [6.45, 7) is 1.28. The molecule has 0 bridgehead atoms. The predicted molar refractivity (Wildman–Crippen MR) is 88.6 cm³/mol. The molecule has 1 aliphatic rings. The Hall–Kier alpha value is -1.46. The van der Waals surface area contributed by atoms with Crippen molar-refractivity contribution < 1.29 is 13.9 Å². The number of halogens is 1. The van der Waals surface area contributed by atoms with Crippen molar-refractivity contribution in [3.05, 3.63) is 35.6 Å². The Morgan fingerprint density at radius 2 is 2.09 bits per heavy atom. The molecule has 1 aliphatic carbocycles. The third-order valence-electron chi connectivity index (χ3n) is 4.68. The van der Waals surface area contributed by atoms with Crippen molar-refractivity contribution in [2.75, 3.05) is 34.4 Å². The first-order chi connectivity index (χ1) is 11.0. The topological polar surface area (TPSA) is 41.6 Å². The Bertz CT molecular complexity index is 528. The van der Waals surface area contributed by atoms with E-state index in [2.05, 4.69) is 5.32 Å². The molecule has 23 heavy (non-hydrogen) atoms. The lowest BCUT2D eigenvalue weighted by Gasteiger charge is -2.30. The molecule has 0 aromatic heterocycles. The molecule has 2 rings (SSSR count). The Balaban J connectivity index is 2.07. The number of methoxy groups -OCH3 is 1. The number of rotatable bonds is 7. The molecule has 1 atom stereocenters. The van der Waals surface area contributed by atoms with E-state index in [9.17, 15) is 9.18 Å². The monoisotopic (exact) mass is 322 g/mol. The zero-order valence-corrected chi connectivity index (χ0v) is 14.3. The summed E-state index contributed by atoms with van der Waals surface area (Å²) in [5.41, 5.74) is 0.711. The highest BCUT2D eigenvalue weighted by atomic mass is 19.1. The summed E-state index contributed by atoms with van der Waals surface area (Å²) in [6.07, 6.45) is 4.52. The second kappa shape index (κ2) is 7.88. The molecule has 1 N–H and O–H groups in total. The van der Waals surface area contributed by atoms with Crippen molar-refractivity contribution in [1.29, 1.82) is 0 Å². The van der Waals surface area contributed by atoms with Gasteiger partial charge >= 0.3 is 0 Å². The fraction of sp³-hybridized carbons (Fsp3) is 0.611. The van der Waals surface area contributed by atoms with Crippen LogP contribution in [-0.4, -0.2) is 45.2 Å². The second-order valence-corrected chi connectivity index (χ2v) is 6.78. The van der Waals surface area contributed by atoms with Gasteiger partial charge in [0.25, 0.3) is 0 Å². The number of nitrogens with zero attached hydrogens (tertiary/aromatic N) is 1. The van der Waals surface area contributed by atoms with Gasteiger partial charge in [0, 0.05) is 19.1 Å². The molecule has 0 saturated heterocycles. The first-order valence-electron chi connectivity index (χ1n) is 8.16. The molecular weight excluding hydrogens is 295 g/mol. The van der Waals surface area contributed by atoms with Gasteiger partial charge in [0.1, 0.15) is 11.9 Å². The molecule has 0 aliphatic heterocycles. The molecule has 1 aromatic carbocycles. The third kappa shape index (κ3) is 4.52. The lowest BCUT2D eigenvalue weighted by atomic mass is 9.87. The number of benzene rings is 1. The second-order valence-electron chi connectivity index (χ2n) is 6.78. The zero-order chi connectivity index (χ0) is 16.9. The number of nitrogens with one attached hydrogen (secondary N) is 1. The van der Waals surface area contributed by atoms with Crippen LogP contribution in [0.1, 0.15) is 37.3 Å². The average Bonchev–Trinajstić information content (AvgIpc) is 2.94. The van der Waals surface area contributed by atoms with Gasteiger partial charge in [0.15, 0.2) is 0 Å². The lowest BCUT2D eigenvalue weighted by molar-refractivity contribution is -0.126. The highest BCUT2D eigenvalue weighted by Gasteiger charge is 2.35. The van der Waals surface area contributed by atoms with E-state index in [4.69, 9.17) is 4.74 Å². The predicted octanol–water partition coefficient (Wildman–Crippen LogP) is 2.75. The fourth-order valence-corrected chi connectivity index (χ4v) is 3.54. The summed E-state index contributed by atoms with van der Waals surface area (Å²) in [4.78, 5) is 14.5. The van der Waals surface area contributed by atoms with Gasteiger partial charge in [-0.1, -0.05) is 25.0 Å². The Kier molecular flexibility index (Phi) is 6.13. The Morgan fingerprint density at radius 3 is 2.65 bits per heavy atom. The molecule has 1 amide bonds. The minimum Gasteiger partial charge on any atom is -0.384 e. The summed E-state index contributed by atoms with van der Waals surface area (Å²) in [5.74, 6) is -0.420. The SMILES string of the molecule is COCC1(CNC(=O)C(c2cccc(F)c2)N(C)C)CCCC1. The number of amides is 1. The van der Waals surface area contributed by atoms with Crippen molar-refractivity contribution >= 4 is 5.91 Å². The van der Waals surface area contributed by atoms with Crippen LogP contribution in [0.15, 0.2) is 24.3 Å². The van der Waals surface area contributed by atoms with Gasteiger partial charge in [-0.2, -0.15) is 0 Å². The van der Waals surface area contributed by atoms with Crippen LogP contribution in [0.3, 0.4) is 0 Å². The number of carbonyl (C=O) groups excluding carboxylic acids is 1. The molecule has 1 aromatic rings. The summed E-state index contributed by atoms with van der Waals surface area (Å²) in [6, 6.07) is 5.74. The summed E-state index contributed by atoms with van der Waals surface area (Å²) < 4.78 is 18.8.